The molecule has 2 heterocycles. The number of fused-ring (bicyclic) bond motifs is 1. The minimum absolute atomic E-state index is 0.281. The van der Waals surface area contributed by atoms with Gasteiger partial charge in [0.2, 0.25) is 0 Å². The molecule has 0 fully saturated rings. The van der Waals surface area contributed by atoms with Gasteiger partial charge in [-0.2, -0.15) is 0 Å². The third kappa shape index (κ3) is 2.83. The van der Waals surface area contributed by atoms with Crippen LogP contribution in [0.15, 0.2) is 48.7 Å². The summed E-state index contributed by atoms with van der Waals surface area (Å²) in [5.74, 6) is 0.929. The van der Waals surface area contributed by atoms with Crippen molar-refractivity contribution in [2.45, 2.75) is 19.5 Å². The molecule has 2 aromatic heterocycles. The van der Waals surface area contributed by atoms with E-state index in [4.69, 9.17) is 0 Å². The zero-order chi connectivity index (χ0) is 13.9. The van der Waals surface area contributed by atoms with Gasteiger partial charge in [-0.3, -0.25) is 4.40 Å². The third-order valence-corrected chi connectivity index (χ3v) is 4.04. The van der Waals surface area contributed by atoms with Crippen LogP contribution in [0.4, 0.5) is 0 Å². The Bertz CT molecular complexity index is 705. The first-order valence-electron chi connectivity index (χ1n) is 6.51. The molecule has 1 aromatic carbocycles. The van der Waals surface area contributed by atoms with E-state index in [1.54, 1.807) is 0 Å². The van der Waals surface area contributed by atoms with Gasteiger partial charge >= 0.3 is 0 Å². The van der Waals surface area contributed by atoms with Gasteiger partial charge in [0, 0.05) is 15.8 Å². The summed E-state index contributed by atoms with van der Waals surface area (Å²) in [6.45, 7) is 2.85. The molecule has 0 saturated carbocycles. The number of halogens is 1. The Kier molecular flexibility index (Phi) is 3.98. The predicted octanol–water partition coefficient (Wildman–Crippen LogP) is 3.18. The fourth-order valence-corrected chi connectivity index (χ4v) is 2.48. The lowest BCUT2D eigenvalue weighted by Gasteiger charge is -2.13. The molecule has 0 radical (unpaired) electrons. The van der Waals surface area contributed by atoms with Crippen molar-refractivity contribution < 1.29 is 0 Å². The fraction of sp³-hybridized carbons (Fsp3) is 0.200. The van der Waals surface area contributed by atoms with Crippen LogP contribution >= 0.6 is 22.6 Å². The Hall–Kier alpha value is -1.47. The van der Waals surface area contributed by atoms with Crippen LogP contribution < -0.4 is 5.32 Å². The maximum absolute atomic E-state index is 4.22. The van der Waals surface area contributed by atoms with Crippen LogP contribution in [0, 0.1) is 3.57 Å². The van der Waals surface area contributed by atoms with Gasteiger partial charge in [0.15, 0.2) is 11.5 Å². The molecule has 5 heteroatoms. The van der Waals surface area contributed by atoms with Crippen molar-refractivity contribution in [3.05, 3.63) is 63.6 Å². The molecule has 3 rings (SSSR count). The summed E-state index contributed by atoms with van der Waals surface area (Å²) >= 11 is 2.32. The molecule has 0 amide bonds. The highest BCUT2D eigenvalue weighted by Crippen LogP contribution is 2.15. The highest BCUT2D eigenvalue weighted by Gasteiger charge is 2.08. The van der Waals surface area contributed by atoms with E-state index >= 15 is 0 Å². The van der Waals surface area contributed by atoms with E-state index < -0.39 is 0 Å². The average Bonchev–Trinajstić information content (AvgIpc) is 2.89. The summed E-state index contributed by atoms with van der Waals surface area (Å²) in [5.41, 5.74) is 2.16. The number of hydrogen-bond donors (Lipinski definition) is 1. The van der Waals surface area contributed by atoms with Crippen molar-refractivity contribution in [2.75, 3.05) is 0 Å². The highest BCUT2D eigenvalue weighted by atomic mass is 127. The van der Waals surface area contributed by atoms with Crippen molar-refractivity contribution in [1.29, 1.82) is 0 Å². The molecule has 102 valence electrons. The molecule has 0 aliphatic heterocycles. The van der Waals surface area contributed by atoms with E-state index in [9.17, 15) is 0 Å². The van der Waals surface area contributed by atoms with Crippen LogP contribution in [0.2, 0.25) is 0 Å². The normalized spacial score (nSPS) is 12.7. The molecule has 0 aliphatic rings. The summed E-state index contributed by atoms with van der Waals surface area (Å²) in [5, 5.41) is 11.9. The Labute approximate surface area is 131 Å². The topological polar surface area (TPSA) is 42.2 Å². The molecule has 20 heavy (non-hydrogen) atoms. The SMILES string of the molecule is CC(NCc1nnc2ccccn12)c1ccc(I)cc1. The second-order valence-electron chi connectivity index (χ2n) is 4.70. The van der Waals surface area contributed by atoms with E-state index in [-0.39, 0.29) is 6.04 Å². The van der Waals surface area contributed by atoms with Gasteiger partial charge in [-0.15, -0.1) is 10.2 Å². The predicted molar refractivity (Wildman–Crippen MR) is 87.4 cm³/mol. The molecule has 3 aromatic rings. The summed E-state index contributed by atoms with van der Waals surface area (Å²) in [6, 6.07) is 14.8. The zero-order valence-corrected chi connectivity index (χ0v) is 13.3. The van der Waals surface area contributed by atoms with E-state index in [0.717, 1.165) is 11.5 Å². The van der Waals surface area contributed by atoms with Crippen molar-refractivity contribution in [1.82, 2.24) is 19.9 Å². The second-order valence-corrected chi connectivity index (χ2v) is 5.94. The first-order chi connectivity index (χ1) is 9.74. The standard InChI is InChI=1S/C15H15IN4/c1-11(12-5-7-13(16)8-6-12)17-10-15-19-18-14-4-2-3-9-20(14)15/h2-9,11,17H,10H2,1H3. The summed E-state index contributed by atoms with van der Waals surface area (Å²) < 4.78 is 3.26. The lowest BCUT2D eigenvalue weighted by atomic mass is 10.1. The van der Waals surface area contributed by atoms with E-state index in [1.165, 1.54) is 9.13 Å². The zero-order valence-electron chi connectivity index (χ0n) is 11.1. The van der Waals surface area contributed by atoms with Crippen molar-refractivity contribution in [3.8, 4) is 0 Å². The van der Waals surface area contributed by atoms with E-state index in [1.807, 2.05) is 28.8 Å². The molecular weight excluding hydrogens is 363 g/mol. The number of pyridine rings is 1. The molecule has 1 N–H and O–H groups in total. The highest BCUT2D eigenvalue weighted by molar-refractivity contribution is 14.1. The number of aromatic nitrogens is 3. The summed E-state index contributed by atoms with van der Waals surface area (Å²) in [4.78, 5) is 0. The minimum Gasteiger partial charge on any atom is -0.303 e. The lowest BCUT2D eigenvalue weighted by molar-refractivity contribution is 0.556. The summed E-state index contributed by atoms with van der Waals surface area (Å²) in [7, 11) is 0. The van der Waals surface area contributed by atoms with Crippen molar-refractivity contribution >= 4 is 28.2 Å². The van der Waals surface area contributed by atoms with Crippen LogP contribution in [-0.2, 0) is 6.54 Å². The van der Waals surface area contributed by atoms with Crippen LogP contribution in [0.1, 0.15) is 24.4 Å². The van der Waals surface area contributed by atoms with Gasteiger partial charge in [0.25, 0.3) is 0 Å². The maximum atomic E-state index is 4.22. The Morgan fingerprint density at radius 1 is 1.15 bits per heavy atom. The van der Waals surface area contributed by atoms with Crippen LogP contribution in [-0.4, -0.2) is 14.6 Å². The van der Waals surface area contributed by atoms with Gasteiger partial charge < -0.3 is 5.32 Å². The molecule has 1 atom stereocenters. The van der Waals surface area contributed by atoms with Gasteiger partial charge in [-0.25, -0.2) is 0 Å². The molecule has 4 nitrogen and oxygen atoms in total. The number of rotatable bonds is 4. The minimum atomic E-state index is 0.281. The maximum Gasteiger partial charge on any atom is 0.160 e. The summed E-state index contributed by atoms with van der Waals surface area (Å²) in [6.07, 6.45) is 1.99. The first kappa shape index (κ1) is 13.5. The van der Waals surface area contributed by atoms with Crippen LogP contribution in [0.25, 0.3) is 5.65 Å². The lowest BCUT2D eigenvalue weighted by Crippen LogP contribution is -2.19. The number of benzene rings is 1. The van der Waals surface area contributed by atoms with Gasteiger partial charge in [-0.05, 0) is 59.3 Å². The third-order valence-electron chi connectivity index (χ3n) is 3.32. The van der Waals surface area contributed by atoms with Gasteiger partial charge in [-0.1, -0.05) is 18.2 Å². The molecule has 0 bridgehead atoms. The number of nitrogens with zero attached hydrogens (tertiary/aromatic N) is 3. The monoisotopic (exact) mass is 378 g/mol. The molecule has 0 aliphatic carbocycles. The van der Waals surface area contributed by atoms with Gasteiger partial charge in [0.1, 0.15) is 0 Å². The van der Waals surface area contributed by atoms with Gasteiger partial charge in [0.05, 0.1) is 6.54 Å². The van der Waals surface area contributed by atoms with Crippen molar-refractivity contribution in [3.63, 3.8) is 0 Å². The smallest absolute Gasteiger partial charge is 0.160 e. The first-order valence-corrected chi connectivity index (χ1v) is 7.59. The van der Waals surface area contributed by atoms with E-state index in [2.05, 4.69) is 69.3 Å². The molecule has 0 saturated heterocycles. The number of nitrogens with one attached hydrogen (secondary N) is 1. The van der Waals surface area contributed by atoms with Crippen molar-refractivity contribution in [2.24, 2.45) is 0 Å². The second kappa shape index (κ2) is 5.88. The quantitative estimate of drug-likeness (QED) is 0.710. The Morgan fingerprint density at radius 2 is 1.95 bits per heavy atom. The molecule has 1 unspecified atom stereocenters. The van der Waals surface area contributed by atoms with E-state index in [0.29, 0.717) is 6.54 Å². The number of hydrogen-bond acceptors (Lipinski definition) is 3. The Balaban J connectivity index is 1.71. The molecule has 0 spiro atoms. The average molecular weight is 378 g/mol. The molecular formula is C15H15IN4. The Morgan fingerprint density at radius 3 is 2.75 bits per heavy atom. The largest absolute Gasteiger partial charge is 0.303 e. The fourth-order valence-electron chi connectivity index (χ4n) is 2.13. The van der Waals surface area contributed by atoms with Crippen LogP contribution in [0.3, 0.4) is 0 Å². The van der Waals surface area contributed by atoms with Crippen LogP contribution in [0.5, 0.6) is 0 Å².